The Morgan fingerprint density at radius 3 is 2.87 bits per heavy atom. The third-order valence-corrected chi connectivity index (χ3v) is 5.52. The molecule has 0 aliphatic carbocycles. The zero-order valence-electron chi connectivity index (χ0n) is 16.3. The van der Waals surface area contributed by atoms with Crippen molar-refractivity contribution in [1.82, 2.24) is 29.2 Å². The van der Waals surface area contributed by atoms with Crippen molar-refractivity contribution in [1.29, 1.82) is 0 Å². The first-order valence-electron chi connectivity index (χ1n) is 9.92. The van der Waals surface area contributed by atoms with Gasteiger partial charge in [-0.2, -0.15) is 5.10 Å². The SMILES string of the molecule is O=C(c1nccc2ccccc12)N1CCCC1Cn1nc(-n2ccnc2)ccc1=O. The Balaban J connectivity index is 1.44. The Kier molecular flexibility index (Phi) is 4.59. The quantitative estimate of drug-likeness (QED) is 0.525. The summed E-state index contributed by atoms with van der Waals surface area (Å²) in [5, 5.41) is 6.29. The topological polar surface area (TPSA) is 85.9 Å². The number of fused-ring (bicyclic) bond motifs is 1. The molecule has 1 aliphatic heterocycles. The maximum atomic E-state index is 13.3. The Bertz CT molecular complexity index is 1260. The number of aromatic nitrogens is 5. The molecule has 1 unspecified atom stereocenters. The molecule has 5 rings (SSSR count). The highest BCUT2D eigenvalue weighted by Gasteiger charge is 2.31. The molecule has 0 spiro atoms. The van der Waals surface area contributed by atoms with Crippen LogP contribution in [0.3, 0.4) is 0 Å². The molecule has 30 heavy (non-hydrogen) atoms. The first-order valence-corrected chi connectivity index (χ1v) is 9.92. The number of carbonyl (C=O) groups excluding carboxylic acids is 1. The normalized spacial score (nSPS) is 16.3. The van der Waals surface area contributed by atoms with Crippen LogP contribution in [-0.2, 0) is 6.54 Å². The molecule has 1 saturated heterocycles. The van der Waals surface area contributed by atoms with Gasteiger partial charge < -0.3 is 4.90 Å². The van der Waals surface area contributed by atoms with Gasteiger partial charge in [-0.1, -0.05) is 24.3 Å². The van der Waals surface area contributed by atoms with Gasteiger partial charge in [-0.05, 0) is 30.4 Å². The lowest BCUT2D eigenvalue weighted by Crippen LogP contribution is -2.41. The number of likely N-dealkylation sites (tertiary alicyclic amines) is 1. The standard InChI is InChI=1S/C22H20N6O2/c29-20-8-7-19(26-13-11-23-15-26)25-28(20)14-17-5-3-12-27(17)22(30)21-18-6-2-1-4-16(18)9-10-24-21/h1-2,4,6-11,13,15,17H,3,5,12,14H2. The fourth-order valence-electron chi connectivity index (χ4n) is 4.02. The predicted molar refractivity (Wildman–Crippen MR) is 111 cm³/mol. The molecule has 8 nitrogen and oxygen atoms in total. The summed E-state index contributed by atoms with van der Waals surface area (Å²) in [6.45, 7) is 0.988. The summed E-state index contributed by atoms with van der Waals surface area (Å²) in [7, 11) is 0. The minimum absolute atomic E-state index is 0.104. The van der Waals surface area contributed by atoms with E-state index in [1.165, 1.54) is 10.7 Å². The predicted octanol–water partition coefficient (Wildman–Crippen LogP) is 2.28. The maximum Gasteiger partial charge on any atom is 0.273 e. The van der Waals surface area contributed by atoms with Crippen LogP contribution in [0.4, 0.5) is 0 Å². The lowest BCUT2D eigenvalue weighted by Gasteiger charge is -2.25. The van der Waals surface area contributed by atoms with E-state index in [9.17, 15) is 9.59 Å². The van der Waals surface area contributed by atoms with Crippen LogP contribution in [0.25, 0.3) is 16.6 Å². The number of pyridine rings is 1. The number of hydrogen-bond donors (Lipinski definition) is 0. The highest BCUT2D eigenvalue weighted by Crippen LogP contribution is 2.24. The molecule has 1 atom stereocenters. The average Bonchev–Trinajstić information content (AvgIpc) is 3.47. The molecule has 0 radical (unpaired) electrons. The van der Waals surface area contributed by atoms with Gasteiger partial charge in [-0.15, -0.1) is 0 Å². The molecular formula is C22H20N6O2. The van der Waals surface area contributed by atoms with E-state index in [1.54, 1.807) is 35.6 Å². The Morgan fingerprint density at radius 2 is 2.00 bits per heavy atom. The second kappa shape index (κ2) is 7.55. The summed E-state index contributed by atoms with van der Waals surface area (Å²) < 4.78 is 3.18. The van der Waals surface area contributed by atoms with Gasteiger partial charge in [-0.3, -0.25) is 19.1 Å². The largest absolute Gasteiger partial charge is 0.332 e. The van der Waals surface area contributed by atoms with E-state index in [0.717, 1.165) is 23.6 Å². The average molecular weight is 400 g/mol. The third-order valence-electron chi connectivity index (χ3n) is 5.52. The zero-order valence-corrected chi connectivity index (χ0v) is 16.3. The van der Waals surface area contributed by atoms with Crippen LogP contribution in [0, 0.1) is 0 Å². The smallest absolute Gasteiger partial charge is 0.273 e. The van der Waals surface area contributed by atoms with Crippen LogP contribution >= 0.6 is 0 Å². The minimum Gasteiger partial charge on any atom is -0.332 e. The lowest BCUT2D eigenvalue weighted by atomic mass is 10.1. The van der Waals surface area contributed by atoms with Crippen LogP contribution < -0.4 is 5.56 Å². The number of nitrogens with zero attached hydrogens (tertiary/aromatic N) is 6. The number of amides is 1. The fraction of sp³-hybridized carbons (Fsp3) is 0.227. The molecule has 3 aromatic heterocycles. The molecule has 0 bridgehead atoms. The lowest BCUT2D eigenvalue weighted by molar-refractivity contribution is 0.0716. The molecule has 1 aliphatic rings. The van der Waals surface area contributed by atoms with Gasteiger partial charge in [0.05, 0.1) is 12.6 Å². The molecule has 4 aromatic rings. The Morgan fingerprint density at radius 1 is 1.10 bits per heavy atom. The van der Waals surface area contributed by atoms with E-state index >= 15 is 0 Å². The second-order valence-corrected chi connectivity index (χ2v) is 7.36. The van der Waals surface area contributed by atoms with Gasteiger partial charge in [-0.25, -0.2) is 9.67 Å². The van der Waals surface area contributed by atoms with E-state index < -0.39 is 0 Å². The van der Waals surface area contributed by atoms with Crippen molar-refractivity contribution >= 4 is 16.7 Å². The van der Waals surface area contributed by atoms with Gasteiger partial charge in [0.2, 0.25) is 0 Å². The summed E-state index contributed by atoms with van der Waals surface area (Å²) in [6, 6.07) is 12.7. The fourth-order valence-corrected chi connectivity index (χ4v) is 4.02. The second-order valence-electron chi connectivity index (χ2n) is 7.36. The Labute approximate surface area is 172 Å². The number of imidazole rings is 1. The van der Waals surface area contributed by atoms with Crippen molar-refractivity contribution in [2.75, 3.05) is 6.54 Å². The first kappa shape index (κ1) is 18.2. The van der Waals surface area contributed by atoms with E-state index in [4.69, 9.17) is 0 Å². The van der Waals surface area contributed by atoms with Crippen LogP contribution in [0.1, 0.15) is 23.3 Å². The van der Waals surface area contributed by atoms with Crippen molar-refractivity contribution in [2.45, 2.75) is 25.4 Å². The van der Waals surface area contributed by atoms with Crippen molar-refractivity contribution in [3.8, 4) is 5.82 Å². The summed E-state index contributed by atoms with van der Waals surface area (Å²) >= 11 is 0. The van der Waals surface area contributed by atoms with Gasteiger partial charge >= 0.3 is 0 Å². The van der Waals surface area contributed by atoms with Crippen LogP contribution in [0.5, 0.6) is 0 Å². The summed E-state index contributed by atoms with van der Waals surface area (Å²) in [4.78, 5) is 36.0. The number of rotatable bonds is 4. The summed E-state index contributed by atoms with van der Waals surface area (Å²) in [5.41, 5.74) is 0.258. The zero-order chi connectivity index (χ0) is 20.5. The van der Waals surface area contributed by atoms with Gasteiger partial charge in [0, 0.05) is 36.6 Å². The number of carbonyl (C=O) groups is 1. The number of hydrogen-bond acceptors (Lipinski definition) is 5. The third kappa shape index (κ3) is 3.26. The minimum atomic E-state index is -0.193. The molecule has 1 aromatic carbocycles. The molecule has 150 valence electrons. The van der Waals surface area contributed by atoms with Crippen LogP contribution in [0.2, 0.25) is 0 Å². The van der Waals surface area contributed by atoms with Crippen molar-refractivity contribution in [3.63, 3.8) is 0 Å². The summed E-state index contributed by atoms with van der Waals surface area (Å²) in [5.74, 6) is 0.506. The first-order chi connectivity index (χ1) is 14.7. The summed E-state index contributed by atoms with van der Waals surface area (Å²) in [6.07, 6.45) is 8.44. The van der Waals surface area contributed by atoms with Gasteiger partial charge in [0.25, 0.3) is 11.5 Å². The van der Waals surface area contributed by atoms with E-state index in [1.807, 2.05) is 35.2 Å². The molecule has 8 heteroatoms. The van der Waals surface area contributed by atoms with Crippen LogP contribution in [-0.4, -0.2) is 47.7 Å². The van der Waals surface area contributed by atoms with Gasteiger partial charge in [0.15, 0.2) is 5.82 Å². The van der Waals surface area contributed by atoms with Crippen LogP contribution in [0.15, 0.2) is 72.2 Å². The van der Waals surface area contributed by atoms with Crippen molar-refractivity contribution in [2.24, 2.45) is 0 Å². The molecule has 4 heterocycles. The molecule has 1 fully saturated rings. The Hall–Kier alpha value is -3.81. The molecule has 1 amide bonds. The van der Waals surface area contributed by atoms with E-state index in [2.05, 4.69) is 15.1 Å². The number of benzene rings is 1. The van der Waals surface area contributed by atoms with Gasteiger partial charge in [0.1, 0.15) is 12.0 Å². The maximum absolute atomic E-state index is 13.3. The van der Waals surface area contributed by atoms with E-state index in [0.29, 0.717) is 24.6 Å². The highest BCUT2D eigenvalue weighted by atomic mass is 16.2. The van der Waals surface area contributed by atoms with Crippen molar-refractivity contribution in [3.05, 3.63) is 83.4 Å². The molecule has 0 saturated carbocycles. The highest BCUT2D eigenvalue weighted by molar-refractivity contribution is 6.05. The molecular weight excluding hydrogens is 380 g/mol. The van der Waals surface area contributed by atoms with Crippen molar-refractivity contribution < 1.29 is 4.79 Å². The monoisotopic (exact) mass is 400 g/mol. The van der Waals surface area contributed by atoms with E-state index in [-0.39, 0.29) is 17.5 Å². The molecule has 0 N–H and O–H groups in total.